The Morgan fingerprint density at radius 2 is 2.00 bits per heavy atom. The molecule has 0 saturated carbocycles. The Hall–Kier alpha value is -0.560. The number of hydrogen-bond acceptors (Lipinski definition) is 0. The molecule has 0 N–H and O–H groups in total. The highest BCUT2D eigenvalue weighted by molar-refractivity contribution is 9.09. The van der Waals surface area contributed by atoms with Crippen LogP contribution in [-0.4, -0.2) is 5.33 Å². The first-order valence-electron chi connectivity index (χ1n) is 5.08. The molecule has 1 unspecified atom stereocenters. The summed E-state index contributed by atoms with van der Waals surface area (Å²) >= 11 is 3.51. The van der Waals surface area contributed by atoms with E-state index in [2.05, 4.69) is 66.2 Å². The first-order chi connectivity index (χ1) is 6.77. The largest absolute Gasteiger partial charge is 0.0880 e. The van der Waals surface area contributed by atoms with E-state index in [9.17, 15) is 0 Å². The number of allylic oxidation sites excluding steroid dienone is 2. The van der Waals surface area contributed by atoms with Crippen LogP contribution in [-0.2, 0) is 0 Å². The summed E-state index contributed by atoms with van der Waals surface area (Å²) < 4.78 is 0. The van der Waals surface area contributed by atoms with Crippen LogP contribution in [0.2, 0.25) is 0 Å². The van der Waals surface area contributed by atoms with Crippen LogP contribution in [0.3, 0.4) is 0 Å². The maximum atomic E-state index is 3.51. The van der Waals surface area contributed by atoms with Crippen molar-refractivity contribution in [1.29, 1.82) is 0 Å². The predicted molar refractivity (Wildman–Crippen MR) is 67.0 cm³/mol. The number of rotatable bonds is 4. The van der Waals surface area contributed by atoms with Crippen LogP contribution in [0.5, 0.6) is 0 Å². The Morgan fingerprint density at radius 3 is 2.50 bits per heavy atom. The Bertz CT molecular complexity index is 281. The molecule has 1 atom stereocenters. The summed E-state index contributed by atoms with van der Waals surface area (Å²) in [6.07, 6.45) is 3.48. The fourth-order valence-electron chi connectivity index (χ4n) is 1.46. The molecule has 0 aliphatic carbocycles. The normalized spacial score (nSPS) is 14.1. The molecule has 0 amide bonds. The van der Waals surface area contributed by atoms with Gasteiger partial charge in [-0.15, -0.1) is 0 Å². The number of hydrogen-bond donors (Lipinski definition) is 0. The van der Waals surface area contributed by atoms with Gasteiger partial charge in [0.1, 0.15) is 0 Å². The number of benzene rings is 1. The van der Waals surface area contributed by atoms with E-state index in [0.29, 0.717) is 5.92 Å². The van der Waals surface area contributed by atoms with Crippen LogP contribution < -0.4 is 0 Å². The molecule has 0 aliphatic heterocycles. The lowest BCUT2D eigenvalue weighted by Gasteiger charge is -2.08. The summed E-state index contributed by atoms with van der Waals surface area (Å²) in [5.74, 6) is 0.517. The van der Waals surface area contributed by atoms with Crippen LogP contribution in [0.4, 0.5) is 0 Å². The summed E-state index contributed by atoms with van der Waals surface area (Å²) in [5.41, 5.74) is 2.86. The third-order valence-corrected chi connectivity index (χ3v) is 3.16. The van der Waals surface area contributed by atoms with Crippen molar-refractivity contribution in [1.82, 2.24) is 0 Å². The Labute approximate surface area is 95.2 Å². The lowest BCUT2D eigenvalue weighted by molar-refractivity contribution is 0.935. The molecule has 0 fully saturated rings. The molecule has 14 heavy (non-hydrogen) atoms. The molecule has 1 aromatic rings. The second kappa shape index (κ2) is 6.02. The van der Waals surface area contributed by atoms with Crippen molar-refractivity contribution >= 4 is 15.9 Å². The molecule has 76 valence electrons. The zero-order chi connectivity index (χ0) is 10.4. The average Bonchev–Trinajstić information content (AvgIpc) is 2.26. The summed E-state index contributed by atoms with van der Waals surface area (Å²) in [4.78, 5) is 0. The Kier molecular flexibility index (Phi) is 4.95. The molecule has 1 rings (SSSR count). The zero-order valence-electron chi connectivity index (χ0n) is 8.83. The Balaban J connectivity index is 2.76. The molecule has 0 aromatic heterocycles. The van der Waals surface area contributed by atoms with E-state index in [0.717, 1.165) is 11.8 Å². The van der Waals surface area contributed by atoms with Crippen molar-refractivity contribution in [2.24, 2.45) is 0 Å². The maximum absolute atomic E-state index is 3.51. The molecule has 0 spiro atoms. The predicted octanol–water partition coefficient (Wildman–Crippen LogP) is 4.52. The van der Waals surface area contributed by atoms with Crippen molar-refractivity contribution in [3.05, 3.63) is 47.5 Å². The minimum Gasteiger partial charge on any atom is -0.0880 e. The van der Waals surface area contributed by atoms with E-state index in [-0.39, 0.29) is 0 Å². The molecule has 0 aliphatic rings. The van der Waals surface area contributed by atoms with Crippen molar-refractivity contribution in [3.8, 4) is 0 Å². The van der Waals surface area contributed by atoms with E-state index in [1.165, 1.54) is 11.1 Å². The highest BCUT2D eigenvalue weighted by Gasteiger charge is 2.01. The zero-order valence-corrected chi connectivity index (χ0v) is 10.4. The first-order valence-corrected chi connectivity index (χ1v) is 6.20. The number of halogens is 1. The van der Waals surface area contributed by atoms with Gasteiger partial charge in [0.15, 0.2) is 0 Å². The van der Waals surface area contributed by atoms with Crippen LogP contribution >= 0.6 is 15.9 Å². The summed E-state index contributed by atoms with van der Waals surface area (Å²) in [5, 5.41) is 0.987. The highest BCUT2D eigenvalue weighted by atomic mass is 79.9. The van der Waals surface area contributed by atoms with Crippen molar-refractivity contribution in [3.63, 3.8) is 0 Å². The van der Waals surface area contributed by atoms with Gasteiger partial charge in [0.05, 0.1) is 0 Å². The van der Waals surface area contributed by atoms with Crippen LogP contribution in [0.25, 0.3) is 0 Å². The van der Waals surface area contributed by atoms with Gasteiger partial charge in [0.2, 0.25) is 0 Å². The minimum atomic E-state index is 0.517. The molecule has 0 heterocycles. The lowest BCUT2D eigenvalue weighted by atomic mass is 9.98. The molecule has 0 saturated heterocycles. The van der Waals surface area contributed by atoms with Crippen LogP contribution in [0.1, 0.15) is 31.7 Å². The van der Waals surface area contributed by atoms with Gasteiger partial charge >= 0.3 is 0 Å². The second-order valence-electron chi connectivity index (χ2n) is 3.51. The summed E-state index contributed by atoms with van der Waals surface area (Å²) in [7, 11) is 0. The first kappa shape index (κ1) is 11.5. The standard InChI is InChI=1S/C13H17Br/c1-3-12(10-14)9-11(2)13-7-5-4-6-8-13/h4-9,11H,3,10H2,1-2H3/b12-9-. The van der Waals surface area contributed by atoms with E-state index in [1.807, 2.05) is 0 Å². The smallest absolute Gasteiger partial charge is 0.0241 e. The fourth-order valence-corrected chi connectivity index (χ4v) is 2.05. The van der Waals surface area contributed by atoms with Gasteiger partial charge < -0.3 is 0 Å². The minimum absolute atomic E-state index is 0.517. The molecular formula is C13H17Br. The van der Waals surface area contributed by atoms with Gasteiger partial charge in [0.25, 0.3) is 0 Å². The van der Waals surface area contributed by atoms with E-state index in [4.69, 9.17) is 0 Å². The second-order valence-corrected chi connectivity index (χ2v) is 4.07. The van der Waals surface area contributed by atoms with Gasteiger partial charge in [-0.3, -0.25) is 0 Å². The summed E-state index contributed by atoms with van der Waals surface area (Å²) in [6.45, 7) is 4.44. The molecule has 1 aromatic carbocycles. The van der Waals surface area contributed by atoms with Gasteiger partial charge in [-0.1, -0.05) is 71.8 Å². The fraction of sp³-hybridized carbons (Fsp3) is 0.385. The quantitative estimate of drug-likeness (QED) is 0.546. The third kappa shape index (κ3) is 3.30. The maximum Gasteiger partial charge on any atom is 0.0241 e. The van der Waals surface area contributed by atoms with Crippen LogP contribution in [0, 0.1) is 0 Å². The molecule has 0 nitrogen and oxygen atoms in total. The highest BCUT2D eigenvalue weighted by Crippen LogP contribution is 2.19. The monoisotopic (exact) mass is 252 g/mol. The molecule has 0 radical (unpaired) electrons. The Morgan fingerprint density at radius 1 is 1.36 bits per heavy atom. The summed E-state index contributed by atoms with van der Waals surface area (Å²) in [6, 6.07) is 10.6. The van der Waals surface area contributed by atoms with Crippen molar-refractivity contribution in [2.75, 3.05) is 5.33 Å². The van der Waals surface area contributed by atoms with Gasteiger partial charge in [-0.05, 0) is 17.9 Å². The molecule has 1 heteroatoms. The van der Waals surface area contributed by atoms with E-state index >= 15 is 0 Å². The topological polar surface area (TPSA) is 0 Å². The molecule has 0 bridgehead atoms. The van der Waals surface area contributed by atoms with E-state index < -0.39 is 0 Å². The van der Waals surface area contributed by atoms with E-state index in [1.54, 1.807) is 0 Å². The van der Waals surface area contributed by atoms with Gasteiger partial charge in [-0.2, -0.15) is 0 Å². The van der Waals surface area contributed by atoms with Crippen molar-refractivity contribution < 1.29 is 0 Å². The van der Waals surface area contributed by atoms with Crippen LogP contribution in [0.15, 0.2) is 42.0 Å². The SMILES string of the molecule is CC/C(=C/C(C)c1ccccc1)CBr. The molecular weight excluding hydrogens is 236 g/mol. The van der Waals surface area contributed by atoms with Gasteiger partial charge in [-0.25, -0.2) is 0 Å². The van der Waals surface area contributed by atoms with Crippen molar-refractivity contribution in [2.45, 2.75) is 26.2 Å². The average molecular weight is 253 g/mol. The van der Waals surface area contributed by atoms with Gasteiger partial charge in [0, 0.05) is 5.33 Å². The number of alkyl halides is 1. The third-order valence-electron chi connectivity index (χ3n) is 2.44. The lowest BCUT2D eigenvalue weighted by Crippen LogP contribution is -1.92.